The Morgan fingerprint density at radius 3 is 2.06 bits per heavy atom. The number of ether oxygens (including phenoxy) is 2. The van der Waals surface area contributed by atoms with Crippen molar-refractivity contribution in [2.24, 2.45) is 0 Å². The van der Waals surface area contributed by atoms with E-state index in [9.17, 15) is 14.4 Å². The summed E-state index contributed by atoms with van der Waals surface area (Å²) in [5.74, 6) is -0.276. The molecule has 0 spiro atoms. The molecule has 3 amide bonds. The predicted molar refractivity (Wildman–Crippen MR) is 117 cm³/mol. The first-order chi connectivity index (χ1) is 14.7. The summed E-state index contributed by atoms with van der Waals surface area (Å²) < 4.78 is 10.7. The molecule has 32 heavy (non-hydrogen) atoms. The average molecular weight is 445 g/mol. The largest absolute Gasteiger partial charge is 0.465 e. The van der Waals surface area contributed by atoms with Gasteiger partial charge in [-0.2, -0.15) is 0 Å². The van der Waals surface area contributed by atoms with Crippen LogP contribution >= 0.6 is 0 Å². The van der Waals surface area contributed by atoms with Gasteiger partial charge in [0, 0.05) is 17.5 Å². The van der Waals surface area contributed by atoms with Crippen molar-refractivity contribution in [3.05, 3.63) is 30.2 Å². The highest BCUT2D eigenvalue weighted by Gasteiger charge is 2.35. The molecule has 0 aliphatic heterocycles. The number of aryl methyl sites for hydroxylation is 1. The quantitative estimate of drug-likeness (QED) is 0.691. The lowest BCUT2D eigenvalue weighted by atomic mass is 10.1. The van der Waals surface area contributed by atoms with E-state index in [1.54, 1.807) is 60.6 Å². The minimum atomic E-state index is -1.28. The molecule has 0 radical (unpaired) electrons. The Balaban J connectivity index is 2.61. The van der Waals surface area contributed by atoms with Gasteiger partial charge in [0.15, 0.2) is 0 Å². The third-order valence-corrected chi connectivity index (χ3v) is 3.53. The molecule has 0 aromatic carbocycles. The topological polar surface area (TPSA) is 144 Å². The molecule has 0 saturated carbocycles. The molecule has 172 valence electrons. The van der Waals surface area contributed by atoms with Crippen molar-refractivity contribution in [2.45, 2.75) is 59.7 Å². The fourth-order valence-electron chi connectivity index (χ4n) is 2.48. The predicted octanol–water partition coefficient (Wildman–Crippen LogP) is 4.61. The number of anilines is 2. The maximum atomic E-state index is 12.9. The van der Waals surface area contributed by atoms with Gasteiger partial charge in [-0.05, 0) is 60.6 Å². The fraction of sp³-hybridized carbons (Fsp3) is 0.429. The van der Waals surface area contributed by atoms with Crippen molar-refractivity contribution in [1.29, 1.82) is 0 Å². The highest BCUT2D eigenvalue weighted by molar-refractivity contribution is 6.08. The van der Waals surface area contributed by atoms with Gasteiger partial charge in [0.1, 0.15) is 11.2 Å². The molecule has 0 unspecified atom stereocenters. The summed E-state index contributed by atoms with van der Waals surface area (Å²) >= 11 is 0. The van der Waals surface area contributed by atoms with Gasteiger partial charge >= 0.3 is 18.3 Å². The molecule has 0 aliphatic carbocycles. The van der Waals surface area contributed by atoms with Gasteiger partial charge in [0.05, 0.1) is 17.6 Å². The zero-order valence-corrected chi connectivity index (χ0v) is 19.1. The Kier molecular flexibility index (Phi) is 7.02. The van der Waals surface area contributed by atoms with Crippen LogP contribution in [0.15, 0.2) is 24.5 Å². The van der Waals surface area contributed by atoms with Crippen molar-refractivity contribution in [1.82, 2.24) is 15.0 Å². The Labute approximate surface area is 185 Å². The van der Waals surface area contributed by atoms with Crippen molar-refractivity contribution < 1.29 is 29.0 Å². The standard InChI is InChI=1S/C21H27N5O6/c1-12-10-14(13-8-9-22-11-15(13)25-17(27)28)24-16(23-12)26(18(29)31-20(2,3)4)19(30)32-21(5,6)7/h8-11,25H,1-7H3,(H,27,28). The lowest BCUT2D eigenvalue weighted by molar-refractivity contribution is 0.0427. The van der Waals surface area contributed by atoms with Gasteiger partial charge in [-0.3, -0.25) is 10.3 Å². The summed E-state index contributed by atoms with van der Waals surface area (Å²) in [5, 5.41) is 11.3. The van der Waals surface area contributed by atoms with Crippen molar-refractivity contribution >= 4 is 29.9 Å². The van der Waals surface area contributed by atoms with Crippen LogP contribution in [0.1, 0.15) is 47.2 Å². The van der Waals surface area contributed by atoms with E-state index in [2.05, 4.69) is 20.3 Å². The van der Waals surface area contributed by atoms with E-state index in [0.717, 1.165) is 0 Å². The van der Waals surface area contributed by atoms with Gasteiger partial charge in [0.25, 0.3) is 0 Å². The third-order valence-electron chi connectivity index (χ3n) is 3.53. The fourth-order valence-corrected chi connectivity index (χ4v) is 2.48. The van der Waals surface area contributed by atoms with Crippen LogP contribution in [0.25, 0.3) is 11.3 Å². The Morgan fingerprint density at radius 2 is 1.56 bits per heavy atom. The number of hydrogen-bond acceptors (Lipinski definition) is 8. The molecular formula is C21H27N5O6. The lowest BCUT2D eigenvalue weighted by Gasteiger charge is -2.27. The highest BCUT2D eigenvalue weighted by Crippen LogP contribution is 2.28. The molecule has 11 heteroatoms. The van der Waals surface area contributed by atoms with Crippen LogP contribution in [0.3, 0.4) is 0 Å². The minimum Gasteiger partial charge on any atom is -0.465 e. The number of pyridine rings is 1. The molecule has 2 rings (SSSR count). The second kappa shape index (κ2) is 9.16. The van der Waals surface area contributed by atoms with Crippen molar-refractivity contribution in [2.75, 3.05) is 10.2 Å². The Morgan fingerprint density at radius 1 is 1.00 bits per heavy atom. The molecular weight excluding hydrogens is 418 g/mol. The maximum absolute atomic E-state index is 12.9. The Bertz CT molecular complexity index is 998. The van der Waals surface area contributed by atoms with Gasteiger partial charge in [-0.1, -0.05) is 0 Å². The molecule has 2 aromatic rings. The molecule has 0 saturated heterocycles. The van der Waals surface area contributed by atoms with E-state index in [4.69, 9.17) is 14.6 Å². The van der Waals surface area contributed by atoms with E-state index in [1.165, 1.54) is 12.4 Å². The molecule has 2 N–H and O–H groups in total. The Hall–Kier alpha value is -3.76. The molecule has 0 atom stereocenters. The second-order valence-corrected chi connectivity index (χ2v) is 8.84. The molecule has 2 aromatic heterocycles. The van der Waals surface area contributed by atoms with E-state index in [0.29, 0.717) is 16.2 Å². The molecule has 11 nitrogen and oxygen atoms in total. The lowest BCUT2D eigenvalue weighted by Crippen LogP contribution is -2.44. The smallest absolute Gasteiger partial charge is 0.427 e. The molecule has 0 fully saturated rings. The summed E-state index contributed by atoms with van der Waals surface area (Å²) in [5.41, 5.74) is -0.565. The number of imide groups is 1. The zero-order chi connectivity index (χ0) is 24.3. The van der Waals surface area contributed by atoms with E-state index in [-0.39, 0.29) is 17.3 Å². The van der Waals surface area contributed by atoms with E-state index >= 15 is 0 Å². The van der Waals surface area contributed by atoms with Crippen molar-refractivity contribution in [3.63, 3.8) is 0 Å². The van der Waals surface area contributed by atoms with Crippen LogP contribution in [0.4, 0.5) is 26.0 Å². The van der Waals surface area contributed by atoms with Crippen LogP contribution in [0, 0.1) is 6.92 Å². The summed E-state index contributed by atoms with van der Waals surface area (Å²) in [7, 11) is 0. The SMILES string of the molecule is Cc1cc(-c2ccncc2NC(=O)O)nc(N(C(=O)OC(C)(C)C)C(=O)OC(C)(C)C)n1. The maximum Gasteiger partial charge on any atom is 0.427 e. The summed E-state index contributed by atoms with van der Waals surface area (Å²) in [6, 6.07) is 3.12. The number of amides is 3. The van der Waals surface area contributed by atoms with Crippen LogP contribution in [0.5, 0.6) is 0 Å². The van der Waals surface area contributed by atoms with Gasteiger partial charge in [-0.25, -0.2) is 24.4 Å². The number of nitrogens with one attached hydrogen (secondary N) is 1. The number of carbonyl (C=O) groups excluding carboxylic acids is 2. The number of hydrogen-bond donors (Lipinski definition) is 2. The third kappa shape index (κ3) is 6.89. The molecule has 0 aliphatic rings. The van der Waals surface area contributed by atoms with E-state index < -0.39 is 29.5 Å². The van der Waals surface area contributed by atoms with Gasteiger partial charge < -0.3 is 14.6 Å². The second-order valence-electron chi connectivity index (χ2n) is 8.84. The first-order valence-corrected chi connectivity index (χ1v) is 9.72. The van der Waals surface area contributed by atoms with Gasteiger partial charge in [-0.15, -0.1) is 4.90 Å². The summed E-state index contributed by atoms with van der Waals surface area (Å²) in [6.07, 6.45) is -0.530. The highest BCUT2D eigenvalue weighted by atomic mass is 16.6. The first-order valence-electron chi connectivity index (χ1n) is 9.72. The summed E-state index contributed by atoms with van der Waals surface area (Å²) in [6.45, 7) is 11.6. The number of aromatic nitrogens is 3. The van der Waals surface area contributed by atoms with Crippen LogP contribution < -0.4 is 10.2 Å². The van der Waals surface area contributed by atoms with Crippen LogP contribution in [-0.2, 0) is 9.47 Å². The molecule has 0 bridgehead atoms. The van der Waals surface area contributed by atoms with Gasteiger partial charge in [0.2, 0.25) is 5.95 Å². The van der Waals surface area contributed by atoms with Crippen molar-refractivity contribution in [3.8, 4) is 11.3 Å². The monoisotopic (exact) mass is 445 g/mol. The summed E-state index contributed by atoms with van der Waals surface area (Å²) in [4.78, 5) is 50.0. The molecule has 2 heterocycles. The number of rotatable bonds is 3. The number of nitrogens with zero attached hydrogens (tertiary/aromatic N) is 4. The minimum absolute atomic E-state index is 0.171. The van der Waals surface area contributed by atoms with Crippen LogP contribution in [-0.4, -0.2) is 49.5 Å². The van der Waals surface area contributed by atoms with Crippen LogP contribution in [0.2, 0.25) is 0 Å². The number of carboxylic acid groups (broad SMARTS) is 1. The first kappa shape index (κ1) is 24.5. The number of carbonyl (C=O) groups is 3. The van der Waals surface area contributed by atoms with E-state index in [1.807, 2.05) is 0 Å². The normalized spacial score (nSPS) is 11.5. The zero-order valence-electron chi connectivity index (χ0n) is 19.1. The average Bonchev–Trinajstić information content (AvgIpc) is 2.58.